The first-order chi connectivity index (χ1) is 16.8. The molecule has 2 heterocycles. The second-order valence-electron chi connectivity index (χ2n) is 8.82. The molecule has 0 N–H and O–H groups in total. The monoisotopic (exact) mass is 552 g/mol. The van der Waals surface area contributed by atoms with Crippen LogP contribution in [0.1, 0.15) is 54.4 Å². The molecule has 0 spiro atoms. The molecule has 1 unspecified atom stereocenters. The first-order valence-corrected chi connectivity index (χ1v) is 11.8. The number of hydrogen-bond acceptors (Lipinski definition) is 3. The van der Waals surface area contributed by atoms with Crippen LogP contribution in [0.25, 0.3) is 0 Å². The lowest BCUT2D eigenvalue weighted by molar-refractivity contribution is -0.276. The predicted octanol–water partition coefficient (Wildman–Crippen LogP) is 7.32. The fourth-order valence-electron chi connectivity index (χ4n) is 4.30. The number of hydrogen-bond donors (Lipinski definition) is 0. The molecule has 1 amide bonds. The summed E-state index contributed by atoms with van der Waals surface area (Å²) < 4.78 is 82.9. The zero-order valence-electron chi connectivity index (χ0n) is 18.8. The zero-order chi connectivity index (χ0) is 26.5. The van der Waals surface area contributed by atoms with E-state index in [-0.39, 0.29) is 17.5 Å². The molecule has 194 valence electrons. The molecular formula is C24H20Cl2F6N2O2. The molecule has 0 aliphatic carbocycles. The van der Waals surface area contributed by atoms with Crippen molar-refractivity contribution in [3.8, 4) is 0 Å². The van der Waals surface area contributed by atoms with Crippen molar-refractivity contribution >= 4 is 34.8 Å². The lowest BCUT2D eigenvalue weighted by Crippen LogP contribution is -2.48. The summed E-state index contributed by atoms with van der Waals surface area (Å²) in [5.41, 5.74) is -4.34. The SMILES string of the molecule is CCCC(=O)N1CC(c2ccc(C3=NOC(c4cc(Cl)c(Cl)c(C(F)(F)F)c4)(C(F)(F)F)C3)cc2)C1. The Balaban J connectivity index is 1.57. The van der Waals surface area contributed by atoms with Gasteiger partial charge in [0.25, 0.3) is 5.60 Å². The van der Waals surface area contributed by atoms with Crippen LogP contribution in [0.5, 0.6) is 0 Å². The number of carbonyl (C=O) groups is 1. The maximum atomic E-state index is 14.2. The first kappa shape index (κ1) is 26.6. The first-order valence-electron chi connectivity index (χ1n) is 11.0. The third-order valence-electron chi connectivity index (χ3n) is 6.40. The summed E-state index contributed by atoms with van der Waals surface area (Å²) in [6.45, 7) is 3.06. The van der Waals surface area contributed by atoms with Gasteiger partial charge in [-0.05, 0) is 29.7 Å². The van der Waals surface area contributed by atoms with Gasteiger partial charge in [0.2, 0.25) is 5.91 Å². The van der Waals surface area contributed by atoms with Gasteiger partial charge in [-0.1, -0.05) is 59.5 Å². The Kier molecular flexibility index (Phi) is 6.98. The van der Waals surface area contributed by atoms with E-state index in [2.05, 4.69) is 5.16 Å². The molecule has 2 aliphatic rings. The minimum absolute atomic E-state index is 0.0770. The van der Waals surface area contributed by atoms with E-state index in [1.165, 1.54) is 0 Å². The highest BCUT2D eigenvalue weighted by molar-refractivity contribution is 6.42. The van der Waals surface area contributed by atoms with Crippen molar-refractivity contribution < 1.29 is 36.0 Å². The van der Waals surface area contributed by atoms with Crippen LogP contribution in [0.4, 0.5) is 26.3 Å². The predicted molar refractivity (Wildman–Crippen MR) is 122 cm³/mol. The van der Waals surface area contributed by atoms with Crippen molar-refractivity contribution in [3.05, 3.63) is 68.7 Å². The van der Waals surface area contributed by atoms with Crippen LogP contribution in [0.3, 0.4) is 0 Å². The molecule has 2 aliphatic heterocycles. The average Bonchev–Trinajstić information content (AvgIpc) is 3.21. The van der Waals surface area contributed by atoms with E-state index in [0.29, 0.717) is 31.1 Å². The van der Waals surface area contributed by atoms with Gasteiger partial charge in [-0.2, -0.15) is 26.3 Å². The molecule has 4 nitrogen and oxygen atoms in total. The van der Waals surface area contributed by atoms with Crippen LogP contribution < -0.4 is 0 Å². The molecule has 4 rings (SSSR count). The van der Waals surface area contributed by atoms with Gasteiger partial charge in [0, 0.05) is 37.4 Å². The van der Waals surface area contributed by atoms with E-state index in [1.54, 1.807) is 29.2 Å². The van der Waals surface area contributed by atoms with Crippen molar-refractivity contribution in [2.75, 3.05) is 13.1 Å². The summed E-state index contributed by atoms with van der Waals surface area (Å²) in [6, 6.07) is 7.64. The van der Waals surface area contributed by atoms with E-state index >= 15 is 0 Å². The van der Waals surface area contributed by atoms with Crippen LogP contribution in [0.15, 0.2) is 41.6 Å². The molecule has 12 heteroatoms. The molecule has 2 aromatic carbocycles. The number of benzene rings is 2. The van der Waals surface area contributed by atoms with Crippen LogP contribution in [-0.4, -0.2) is 35.8 Å². The Labute approximate surface area is 212 Å². The number of amides is 1. The molecule has 1 fully saturated rings. The Hall–Kier alpha value is -2.46. The fourth-order valence-corrected chi connectivity index (χ4v) is 4.74. The molecule has 0 radical (unpaired) electrons. The fraction of sp³-hybridized carbons (Fsp3) is 0.417. The van der Waals surface area contributed by atoms with Gasteiger partial charge in [-0.3, -0.25) is 4.79 Å². The van der Waals surface area contributed by atoms with Gasteiger partial charge in [-0.15, -0.1) is 0 Å². The molecule has 0 saturated carbocycles. The quantitative estimate of drug-likeness (QED) is 0.364. The summed E-state index contributed by atoms with van der Waals surface area (Å²) in [4.78, 5) is 18.5. The van der Waals surface area contributed by atoms with Crippen molar-refractivity contribution in [2.45, 2.75) is 50.1 Å². The van der Waals surface area contributed by atoms with Gasteiger partial charge in [-0.25, -0.2) is 0 Å². The normalized spacial score (nSPS) is 20.7. The summed E-state index contributed by atoms with van der Waals surface area (Å²) in [6.07, 6.45) is -9.75. The lowest BCUT2D eigenvalue weighted by atomic mass is 9.85. The molecule has 0 bridgehead atoms. The number of likely N-dealkylation sites (tertiary alicyclic amines) is 1. The average molecular weight is 553 g/mol. The van der Waals surface area contributed by atoms with E-state index < -0.39 is 45.5 Å². The highest BCUT2D eigenvalue weighted by atomic mass is 35.5. The Morgan fingerprint density at radius 3 is 2.31 bits per heavy atom. The highest BCUT2D eigenvalue weighted by Gasteiger charge is 2.63. The summed E-state index contributed by atoms with van der Waals surface area (Å²) in [7, 11) is 0. The van der Waals surface area contributed by atoms with E-state index in [4.69, 9.17) is 28.0 Å². The van der Waals surface area contributed by atoms with Gasteiger partial charge < -0.3 is 9.74 Å². The van der Waals surface area contributed by atoms with Crippen molar-refractivity contribution in [1.82, 2.24) is 4.90 Å². The van der Waals surface area contributed by atoms with Crippen molar-refractivity contribution in [1.29, 1.82) is 0 Å². The van der Waals surface area contributed by atoms with Gasteiger partial charge in [0.15, 0.2) is 0 Å². The van der Waals surface area contributed by atoms with Gasteiger partial charge >= 0.3 is 12.4 Å². The molecule has 0 aromatic heterocycles. The third-order valence-corrected chi connectivity index (χ3v) is 7.20. The van der Waals surface area contributed by atoms with E-state index in [1.807, 2.05) is 6.92 Å². The molecule has 36 heavy (non-hydrogen) atoms. The minimum atomic E-state index is -5.11. The van der Waals surface area contributed by atoms with Gasteiger partial charge in [0.1, 0.15) is 0 Å². The maximum Gasteiger partial charge on any atom is 0.435 e. The third kappa shape index (κ3) is 4.77. The standard InChI is InChI=1S/C24H20Cl2F6N2O2/c1-2-3-20(35)34-11-15(12-34)13-4-6-14(7-5-13)19-10-22(36-33-19,24(30,31)32)16-8-17(23(27,28)29)21(26)18(25)9-16/h4-9,15H,2-3,10-12H2,1H3. The summed E-state index contributed by atoms with van der Waals surface area (Å²) >= 11 is 11.4. The Bertz CT molecular complexity index is 1190. The van der Waals surface area contributed by atoms with E-state index in [9.17, 15) is 31.1 Å². The Morgan fingerprint density at radius 1 is 1.11 bits per heavy atom. The number of alkyl halides is 6. The number of oxime groups is 1. The van der Waals surface area contributed by atoms with Crippen LogP contribution in [0, 0.1) is 0 Å². The minimum Gasteiger partial charge on any atom is -0.374 e. The molecule has 2 aromatic rings. The van der Waals surface area contributed by atoms with Crippen LogP contribution in [0.2, 0.25) is 10.0 Å². The zero-order valence-corrected chi connectivity index (χ0v) is 20.3. The van der Waals surface area contributed by atoms with Gasteiger partial charge in [0.05, 0.1) is 21.3 Å². The largest absolute Gasteiger partial charge is 0.435 e. The maximum absolute atomic E-state index is 14.2. The molecular weight excluding hydrogens is 533 g/mol. The summed E-state index contributed by atoms with van der Waals surface area (Å²) in [5, 5.41) is 2.02. The smallest absolute Gasteiger partial charge is 0.374 e. The van der Waals surface area contributed by atoms with E-state index in [0.717, 1.165) is 18.1 Å². The van der Waals surface area contributed by atoms with Crippen LogP contribution in [-0.2, 0) is 21.4 Å². The second kappa shape index (κ2) is 9.45. The number of nitrogens with zero attached hydrogens (tertiary/aromatic N) is 2. The number of rotatable bonds is 5. The van der Waals surface area contributed by atoms with Crippen molar-refractivity contribution in [2.24, 2.45) is 5.16 Å². The lowest BCUT2D eigenvalue weighted by Gasteiger charge is -2.39. The molecule has 1 saturated heterocycles. The topological polar surface area (TPSA) is 41.9 Å². The summed E-state index contributed by atoms with van der Waals surface area (Å²) in [5.74, 6) is 0.204. The Morgan fingerprint density at radius 2 is 1.75 bits per heavy atom. The second-order valence-corrected chi connectivity index (χ2v) is 9.60. The highest BCUT2D eigenvalue weighted by Crippen LogP contribution is 2.51. The van der Waals surface area contributed by atoms with Crippen LogP contribution >= 0.6 is 23.2 Å². The number of halogens is 8. The number of carbonyl (C=O) groups excluding carboxylic acids is 1. The molecule has 1 atom stereocenters. The van der Waals surface area contributed by atoms with Crippen molar-refractivity contribution in [3.63, 3.8) is 0 Å².